The highest BCUT2D eigenvalue weighted by Gasteiger charge is 2.02. The van der Waals surface area contributed by atoms with Crippen molar-refractivity contribution in [3.63, 3.8) is 0 Å². The molecule has 2 rings (SSSR count). The Kier molecular flexibility index (Phi) is 4.35. The van der Waals surface area contributed by atoms with E-state index in [9.17, 15) is 4.79 Å². The maximum atomic E-state index is 10.8. The van der Waals surface area contributed by atoms with Gasteiger partial charge in [-0.15, -0.1) is 0 Å². The van der Waals surface area contributed by atoms with Crippen molar-refractivity contribution in [2.45, 2.75) is 6.61 Å². The number of hydrogen-bond donors (Lipinski definition) is 0. The smallest absolute Gasteiger partial charge is 0.150 e. The first-order valence-electron chi connectivity index (χ1n) is 6.01. The van der Waals surface area contributed by atoms with Crippen LogP contribution in [0.3, 0.4) is 0 Å². The predicted molar refractivity (Wildman–Crippen MR) is 73.9 cm³/mol. The number of methoxy groups -OCH3 is 1. The number of hydrogen-bond acceptors (Lipinski definition) is 4. The van der Waals surface area contributed by atoms with Crippen LogP contribution in [0.15, 0.2) is 42.5 Å². The largest absolute Gasteiger partial charge is 0.497 e. The first-order chi connectivity index (χ1) is 9.75. The molecule has 0 radical (unpaired) electrons. The minimum absolute atomic E-state index is 0.358. The van der Waals surface area contributed by atoms with Gasteiger partial charge in [-0.25, -0.2) is 0 Å². The second-order valence-electron chi connectivity index (χ2n) is 4.16. The lowest BCUT2D eigenvalue weighted by molar-refractivity contribution is 0.112. The Labute approximate surface area is 117 Å². The summed E-state index contributed by atoms with van der Waals surface area (Å²) in [5.41, 5.74) is 1.80. The summed E-state index contributed by atoms with van der Waals surface area (Å²) in [7, 11) is 1.61. The van der Waals surface area contributed by atoms with Crippen molar-refractivity contribution >= 4 is 6.29 Å². The number of nitrogens with zero attached hydrogens (tertiary/aromatic N) is 1. The molecule has 0 atom stereocenters. The summed E-state index contributed by atoms with van der Waals surface area (Å²) in [5.74, 6) is 1.28. The molecule has 0 saturated carbocycles. The van der Waals surface area contributed by atoms with E-state index in [0.717, 1.165) is 11.3 Å². The molecule has 4 heteroatoms. The van der Waals surface area contributed by atoms with E-state index in [1.54, 1.807) is 19.2 Å². The second-order valence-corrected chi connectivity index (χ2v) is 4.16. The van der Waals surface area contributed by atoms with Crippen molar-refractivity contribution in [3.8, 4) is 17.6 Å². The first kappa shape index (κ1) is 13.6. The molecule has 0 N–H and O–H groups in total. The molecule has 0 bridgehead atoms. The molecule has 0 aromatic heterocycles. The van der Waals surface area contributed by atoms with Gasteiger partial charge in [0.15, 0.2) is 0 Å². The summed E-state index contributed by atoms with van der Waals surface area (Å²) in [4.78, 5) is 10.8. The SMILES string of the molecule is COc1ccc(COc2cc(C#N)cc(C=O)c2)cc1. The normalized spacial score (nSPS) is 9.60. The molecule has 0 heterocycles. The van der Waals surface area contributed by atoms with E-state index in [1.807, 2.05) is 30.3 Å². The lowest BCUT2D eigenvalue weighted by atomic mass is 10.1. The van der Waals surface area contributed by atoms with E-state index in [2.05, 4.69) is 0 Å². The standard InChI is InChI=1S/C16H13NO3/c1-19-15-4-2-12(3-5-15)11-20-16-7-13(9-17)6-14(8-16)10-18/h2-8,10H,11H2,1H3. The number of carbonyl (C=O) groups is 1. The molecule has 2 aromatic carbocycles. The minimum atomic E-state index is 0.358. The van der Waals surface area contributed by atoms with Gasteiger partial charge < -0.3 is 9.47 Å². The molecular formula is C16H13NO3. The third-order valence-electron chi connectivity index (χ3n) is 2.76. The highest BCUT2D eigenvalue weighted by atomic mass is 16.5. The number of ether oxygens (including phenoxy) is 2. The van der Waals surface area contributed by atoms with Gasteiger partial charge in [0, 0.05) is 5.56 Å². The van der Waals surface area contributed by atoms with Gasteiger partial charge >= 0.3 is 0 Å². The van der Waals surface area contributed by atoms with Crippen molar-refractivity contribution in [1.82, 2.24) is 0 Å². The fourth-order valence-corrected chi connectivity index (χ4v) is 1.73. The summed E-state index contributed by atoms with van der Waals surface area (Å²) in [6.07, 6.45) is 0.696. The highest BCUT2D eigenvalue weighted by Crippen LogP contribution is 2.18. The van der Waals surface area contributed by atoms with Crippen LogP contribution in [0.5, 0.6) is 11.5 Å². The molecule has 0 fully saturated rings. The zero-order valence-electron chi connectivity index (χ0n) is 11.0. The summed E-state index contributed by atoms with van der Waals surface area (Å²) in [6, 6.07) is 14.2. The molecule has 4 nitrogen and oxygen atoms in total. The molecule has 0 amide bonds. The van der Waals surface area contributed by atoms with Gasteiger partial charge in [-0.05, 0) is 35.9 Å². The summed E-state index contributed by atoms with van der Waals surface area (Å²) in [5, 5.41) is 8.89. The fraction of sp³-hybridized carbons (Fsp3) is 0.125. The van der Waals surface area contributed by atoms with Crippen molar-refractivity contribution in [2.75, 3.05) is 7.11 Å². The number of benzene rings is 2. The summed E-state index contributed by atoms with van der Waals surface area (Å²) < 4.78 is 10.7. The van der Waals surface area contributed by atoms with Crippen LogP contribution in [0.2, 0.25) is 0 Å². The van der Waals surface area contributed by atoms with Gasteiger partial charge in [0.05, 0.1) is 18.7 Å². The van der Waals surface area contributed by atoms with Crippen LogP contribution in [0.1, 0.15) is 21.5 Å². The average Bonchev–Trinajstić information content (AvgIpc) is 2.53. The molecule has 2 aromatic rings. The number of carbonyl (C=O) groups excluding carboxylic acids is 1. The zero-order valence-corrected chi connectivity index (χ0v) is 11.0. The molecule has 20 heavy (non-hydrogen) atoms. The molecule has 0 aliphatic heterocycles. The van der Waals surface area contributed by atoms with Gasteiger partial charge in [-0.3, -0.25) is 4.79 Å². The quantitative estimate of drug-likeness (QED) is 0.781. The van der Waals surface area contributed by atoms with Crippen LogP contribution in [0.4, 0.5) is 0 Å². The maximum Gasteiger partial charge on any atom is 0.150 e. The Hall–Kier alpha value is -2.80. The fourth-order valence-electron chi connectivity index (χ4n) is 1.73. The Balaban J connectivity index is 2.09. The van der Waals surface area contributed by atoms with Crippen molar-refractivity contribution in [3.05, 3.63) is 59.2 Å². The van der Waals surface area contributed by atoms with Gasteiger partial charge in [-0.1, -0.05) is 12.1 Å². The van der Waals surface area contributed by atoms with Crippen LogP contribution >= 0.6 is 0 Å². The number of nitriles is 1. The van der Waals surface area contributed by atoms with Crippen molar-refractivity contribution in [2.24, 2.45) is 0 Å². The van der Waals surface area contributed by atoms with E-state index in [1.165, 1.54) is 6.07 Å². The Morgan fingerprint density at radius 2 is 1.90 bits per heavy atom. The molecule has 0 saturated heterocycles. The van der Waals surface area contributed by atoms with Gasteiger partial charge in [0.1, 0.15) is 24.4 Å². The monoisotopic (exact) mass is 267 g/mol. The number of aldehydes is 1. The van der Waals surface area contributed by atoms with Crippen LogP contribution in [0.25, 0.3) is 0 Å². The molecular weight excluding hydrogens is 254 g/mol. The zero-order chi connectivity index (χ0) is 14.4. The van der Waals surface area contributed by atoms with Crippen LogP contribution < -0.4 is 9.47 Å². The van der Waals surface area contributed by atoms with E-state index in [0.29, 0.717) is 29.8 Å². The molecule has 100 valence electrons. The first-order valence-corrected chi connectivity index (χ1v) is 6.01. The topological polar surface area (TPSA) is 59.3 Å². The van der Waals surface area contributed by atoms with Crippen LogP contribution in [-0.2, 0) is 6.61 Å². The minimum Gasteiger partial charge on any atom is -0.497 e. The lowest BCUT2D eigenvalue weighted by Crippen LogP contribution is -1.97. The van der Waals surface area contributed by atoms with Crippen LogP contribution in [0, 0.1) is 11.3 Å². The maximum absolute atomic E-state index is 10.8. The third kappa shape index (κ3) is 3.36. The van der Waals surface area contributed by atoms with Gasteiger partial charge in [0.2, 0.25) is 0 Å². The average molecular weight is 267 g/mol. The Morgan fingerprint density at radius 1 is 1.15 bits per heavy atom. The third-order valence-corrected chi connectivity index (χ3v) is 2.76. The summed E-state index contributed by atoms with van der Waals surface area (Å²) in [6.45, 7) is 0.358. The lowest BCUT2D eigenvalue weighted by Gasteiger charge is -2.08. The summed E-state index contributed by atoms with van der Waals surface area (Å²) >= 11 is 0. The Morgan fingerprint density at radius 3 is 2.50 bits per heavy atom. The van der Waals surface area contributed by atoms with Gasteiger partial charge in [0.25, 0.3) is 0 Å². The second kappa shape index (κ2) is 6.39. The van der Waals surface area contributed by atoms with Gasteiger partial charge in [-0.2, -0.15) is 5.26 Å². The number of rotatable bonds is 5. The predicted octanol–water partition coefficient (Wildman–Crippen LogP) is 2.96. The van der Waals surface area contributed by atoms with E-state index in [4.69, 9.17) is 14.7 Å². The molecule has 0 unspecified atom stereocenters. The van der Waals surface area contributed by atoms with Crippen molar-refractivity contribution in [1.29, 1.82) is 5.26 Å². The van der Waals surface area contributed by atoms with Crippen LogP contribution in [-0.4, -0.2) is 13.4 Å². The van der Waals surface area contributed by atoms with Crippen molar-refractivity contribution < 1.29 is 14.3 Å². The molecule has 0 aliphatic rings. The molecule has 0 aliphatic carbocycles. The molecule has 0 spiro atoms. The Bertz CT molecular complexity index is 642. The van der Waals surface area contributed by atoms with E-state index < -0.39 is 0 Å². The van der Waals surface area contributed by atoms with E-state index >= 15 is 0 Å². The highest BCUT2D eigenvalue weighted by molar-refractivity contribution is 5.76. The van der Waals surface area contributed by atoms with E-state index in [-0.39, 0.29) is 0 Å².